The van der Waals surface area contributed by atoms with Crippen molar-refractivity contribution < 1.29 is 6.51 Å². The second-order valence-electron chi connectivity index (χ2n) is 11.5. The zero-order chi connectivity index (χ0) is 10.9. The van der Waals surface area contributed by atoms with Crippen LogP contribution in [0.4, 0.5) is 0 Å². The van der Waals surface area contributed by atoms with Crippen molar-refractivity contribution in [3.05, 3.63) is 0 Å². The van der Waals surface area contributed by atoms with Crippen LogP contribution in [0.5, 0.6) is 0 Å². The standard InChI is InChI=1S/C10H16P.C5H5.Fe/c1-3-10(11,4-2)9-7-5-6-8-9;1-2-4-5-3-1;/h5-8H,3-4,11H2,1-2H3;1-5H;. The van der Waals surface area contributed by atoms with E-state index in [-0.39, 0.29) is 0 Å². The number of fused-ring (bicyclic) bond motifs is 10. The molecule has 10 heterocycles. The summed E-state index contributed by atoms with van der Waals surface area (Å²) >= 11 is 0. The van der Waals surface area contributed by atoms with E-state index in [1.165, 1.54) is 56.2 Å². The molecular formula is C15H21FeP. The van der Waals surface area contributed by atoms with Crippen molar-refractivity contribution in [1.82, 2.24) is 0 Å². The SMILES string of the molecule is CCC(P)(CC)[C]12[CH]3[CH]4[CH]5[CH]1[Fe]45321678[CH]2[CH]1[CH]6[CH]7[CH]28. The first-order valence-electron chi connectivity index (χ1n) is 7.92. The van der Waals surface area contributed by atoms with Gasteiger partial charge in [-0.1, -0.05) is 0 Å². The molecule has 0 aliphatic carbocycles. The van der Waals surface area contributed by atoms with Crippen LogP contribution in [0.1, 0.15) is 26.7 Å². The molecule has 10 rings (SSSR count). The summed E-state index contributed by atoms with van der Waals surface area (Å²) in [5.74, 6) is 0. The van der Waals surface area contributed by atoms with Gasteiger partial charge in [0.25, 0.3) is 0 Å². The molecule has 5 atom stereocenters. The molecule has 0 aromatic heterocycles. The second kappa shape index (κ2) is 0.570. The van der Waals surface area contributed by atoms with Crippen LogP contribution in [0.25, 0.3) is 0 Å². The molecule has 0 aromatic carbocycles. The van der Waals surface area contributed by atoms with Crippen LogP contribution in [0.3, 0.4) is 0 Å². The summed E-state index contributed by atoms with van der Waals surface area (Å²) in [5, 5.41) is 0.738. The Balaban J connectivity index is 1.63. The monoisotopic (exact) mass is 288 g/mol. The third-order valence-corrected chi connectivity index (χ3v) is 60.9. The van der Waals surface area contributed by atoms with Gasteiger partial charge in [0.2, 0.25) is 0 Å². The Morgan fingerprint density at radius 2 is 1.29 bits per heavy atom. The Kier molecular flexibility index (Phi) is 0.238. The Bertz CT molecular complexity index is 874. The molecule has 94 valence electrons. The number of hydrogen-bond donors (Lipinski definition) is 0. The summed E-state index contributed by atoms with van der Waals surface area (Å²) < 4.78 is 1.11. The molecule has 10 saturated heterocycles. The fraction of sp³-hybridized carbons (Fsp3) is 1.00. The van der Waals surface area contributed by atoms with E-state index >= 15 is 0 Å². The van der Waals surface area contributed by atoms with Crippen LogP contribution >= 0.6 is 9.24 Å². The van der Waals surface area contributed by atoms with E-state index in [2.05, 4.69) is 23.1 Å². The molecule has 5 unspecified atom stereocenters. The molecule has 0 amide bonds. The fourth-order valence-electron chi connectivity index (χ4n) is 18.4. The van der Waals surface area contributed by atoms with Crippen LogP contribution in [-0.4, -0.2) is 5.16 Å². The molecule has 0 nitrogen and oxygen atoms in total. The maximum atomic E-state index is 3.48. The molecule has 10 fully saturated rings. The Morgan fingerprint density at radius 3 is 1.47 bits per heavy atom. The Hall–Kier alpha value is 0.949. The minimum atomic E-state index is -2.78. The van der Waals surface area contributed by atoms with Crippen molar-refractivity contribution in [3.8, 4) is 0 Å². The van der Waals surface area contributed by atoms with Gasteiger partial charge in [-0.15, -0.1) is 0 Å². The van der Waals surface area contributed by atoms with Gasteiger partial charge in [-0.3, -0.25) is 0 Å². The fourth-order valence-corrected chi connectivity index (χ4v) is 97.2. The van der Waals surface area contributed by atoms with Crippen molar-refractivity contribution in [3.63, 3.8) is 0 Å². The number of hydrogen-bond acceptors (Lipinski definition) is 0. The van der Waals surface area contributed by atoms with Gasteiger partial charge in [-0.05, 0) is 0 Å². The van der Waals surface area contributed by atoms with Gasteiger partial charge >= 0.3 is 95.3 Å². The van der Waals surface area contributed by atoms with Crippen molar-refractivity contribution >= 4 is 9.24 Å². The average molecular weight is 288 g/mol. The molecule has 17 heavy (non-hydrogen) atoms. The van der Waals surface area contributed by atoms with E-state index in [9.17, 15) is 0 Å². The Morgan fingerprint density at radius 1 is 0.882 bits per heavy atom. The molecular weight excluding hydrogens is 267 g/mol. The van der Waals surface area contributed by atoms with Gasteiger partial charge in [-0.25, -0.2) is 0 Å². The van der Waals surface area contributed by atoms with E-state index in [1.807, 2.05) is 0 Å². The topological polar surface area (TPSA) is 0 Å². The third-order valence-electron chi connectivity index (χ3n) is 16.7. The summed E-state index contributed by atoms with van der Waals surface area (Å²) in [7, 11) is 3.48. The second-order valence-corrected chi connectivity index (χ2v) is 36.2. The molecule has 0 aromatic rings. The maximum absolute atomic E-state index is 3.48. The van der Waals surface area contributed by atoms with E-state index in [0.717, 1.165) is 9.47 Å². The van der Waals surface area contributed by atoms with Gasteiger partial charge < -0.3 is 0 Å². The summed E-state index contributed by atoms with van der Waals surface area (Å²) in [4.78, 5) is 13.6. The zero-order valence-electron chi connectivity index (χ0n) is 10.5. The molecule has 10 aliphatic heterocycles. The van der Waals surface area contributed by atoms with Gasteiger partial charge in [-0.2, -0.15) is 0 Å². The zero-order valence-corrected chi connectivity index (χ0v) is 12.8. The van der Waals surface area contributed by atoms with Crippen LogP contribution in [0.2, 0.25) is 47.7 Å². The molecule has 2 heteroatoms. The van der Waals surface area contributed by atoms with Crippen LogP contribution in [0.15, 0.2) is 0 Å². The summed E-state index contributed by atoms with van der Waals surface area (Å²) in [5.41, 5.74) is 0. The molecule has 0 radical (unpaired) electrons. The Labute approximate surface area is 95.2 Å². The van der Waals surface area contributed by atoms with Gasteiger partial charge in [0.1, 0.15) is 0 Å². The van der Waals surface area contributed by atoms with Crippen molar-refractivity contribution in [2.24, 2.45) is 0 Å². The van der Waals surface area contributed by atoms with Gasteiger partial charge in [0, 0.05) is 0 Å². The van der Waals surface area contributed by atoms with Crippen molar-refractivity contribution in [2.45, 2.75) is 79.5 Å². The predicted molar refractivity (Wildman–Crippen MR) is 69.5 cm³/mol. The summed E-state index contributed by atoms with van der Waals surface area (Å²) in [6.07, 6.45) is 2.97. The molecule has 0 bridgehead atoms. The first kappa shape index (κ1) is 7.10. The van der Waals surface area contributed by atoms with Crippen molar-refractivity contribution in [2.75, 3.05) is 0 Å². The molecule has 1 spiro atoms. The van der Waals surface area contributed by atoms with E-state index in [1.54, 1.807) is 0 Å². The summed E-state index contributed by atoms with van der Waals surface area (Å²) in [6, 6.07) is 0. The predicted octanol–water partition coefficient (Wildman–Crippen LogP) is 5.18. The molecule has 0 N–H and O–H groups in total. The molecule has 0 saturated carbocycles. The van der Waals surface area contributed by atoms with E-state index in [0.29, 0.717) is 0 Å². The average Bonchev–Trinajstić information content (AvgIpc) is 3.29. The first-order valence-corrected chi connectivity index (χ1v) is 14.8. The van der Waals surface area contributed by atoms with Crippen LogP contribution in [-0.2, 0) is 6.51 Å². The normalized spacial score (nSPS) is 120. The molecule has 10 aliphatic rings. The van der Waals surface area contributed by atoms with Crippen LogP contribution < -0.4 is 0 Å². The third kappa shape index (κ3) is 0.0723. The van der Waals surface area contributed by atoms with E-state index < -0.39 is 6.51 Å². The van der Waals surface area contributed by atoms with Gasteiger partial charge in [0.05, 0.1) is 0 Å². The van der Waals surface area contributed by atoms with E-state index in [4.69, 9.17) is 0 Å². The minimum absolute atomic E-state index is 0.738. The van der Waals surface area contributed by atoms with Crippen LogP contribution in [0, 0.1) is 0 Å². The van der Waals surface area contributed by atoms with Crippen molar-refractivity contribution in [1.29, 1.82) is 0 Å². The summed E-state index contributed by atoms with van der Waals surface area (Å²) in [6.45, 7) is 2.25. The van der Waals surface area contributed by atoms with Gasteiger partial charge in [0.15, 0.2) is 0 Å². The first-order chi connectivity index (χ1) is 7.92. The number of rotatable bonds is 3. The quantitative estimate of drug-likeness (QED) is 0.496.